The predicted octanol–water partition coefficient (Wildman–Crippen LogP) is 3.81. The Bertz CT molecular complexity index is 875. The molecule has 2 aromatic rings. The summed E-state index contributed by atoms with van der Waals surface area (Å²) in [4.78, 5) is 23.3. The fourth-order valence-electron chi connectivity index (χ4n) is 4.01. The zero-order valence-corrected chi connectivity index (χ0v) is 18.1. The summed E-state index contributed by atoms with van der Waals surface area (Å²) in [6.07, 6.45) is 7.95. The van der Waals surface area contributed by atoms with Crippen LogP contribution in [0.4, 0.5) is 5.82 Å². The van der Waals surface area contributed by atoms with Gasteiger partial charge in [-0.3, -0.25) is 9.78 Å². The number of hydrogen-bond acceptors (Lipinski definition) is 6. The highest BCUT2D eigenvalue weighted by Gasteiger charge is 2.27. The minimum atomic E-state index is -0.701. The van der Waals surface area contributed by atoms with Crippen molar-refractivity contribution in [1.82, 2.24) is 9.97 Å². The molecule has 166 valence electrons. The molecule has 0 radical (unpaired) electrons. The maximum absolute atomic E-state index is 11.4. The van der Waals surface area contributed by atoms with Gasteiger partial charge in [0, 0.05) is 32.0 Å². The first-order valence-corrected chi connectivity index (χ1v) is 11.2. The fraction of sp³-hybridized carbons (Fsp3) is 0.542. The van der Waals surface area contributed by atoms with Crippen LogP contribution >= 0.6 is 0 Å². The Hall–Kier alpha value is -2.67. The van der Waals surface area contributed by atoms with E-state index in [9.17, 15) is 9.90 Å². The van der Waals surface area contributed by atoms with Crippen molar-refractivity contribution in [2.75, 3.05) is 38.3 Å². The van der Waals surface area contributed by atoms with Gasteiger partial charge in [0.2, 0.25) is 0 Å². The van der Waals surface area contributed by atoms with Crippen LogP contribution in [0.3, 0.4) is 0 Å². The van der Waals surface area contributed by atoms with Gasteiger partial charge in [0.25, 0.3) is 0 Å². The number of carbonyl (C=O) groups is 1. The second-order valence-corrected chi connectivity index (χ2v) is 8.48. The summed E-state index contributed by atoms with van der Waals surface area (Å²) in [7, 11) is 1.65. The van der Waals surface area contributed by atoms with E-state index in [1.54, 1.807) is 7.11 Å². The lowest BCUT2D eigenvalue weighted by molar-refractivity contribution is -0.142. The molecule has 1 saturated carbocycles. The second kappa shape index (κ2) is 10.1. The third-order valence-corrected chi connectivity index (χ3v) is 6.14. The molecule has 1 aliphatic carbocycles. The zero-order valence-electron chi connectivity index (χ0n) is 18.1. The predicted molar refractivity (Wildman–Crippen MR) is 118 cm³/mol. The molecule has 1 aliphatic heterocycles. The summed E-state index contributed by atoms with van der Waals surface area (Å²) in [5, 5.41) is 9.34. The minimum Gasteiger partial charge on any atom is -0.491 e. The van der Waals surface area contributed by atoms with Crippen molar-refractivity contribution in [3.8, 4) is 17.0 Å². The van der Waals surface area contributed by atoms with Gasteiger partial charge in [-0.05, 0) is 55.9 Å². The van der Waals surface area contributed by atoms with Crippen molar-refractivity contribution in [3.63, 3.8) is 0 Å². The number of hydrogen-bond donors (Lipinski definition) is 1. The van der Waals surface area contributed by atoms with E-state index in [4.69, 9.17) is 19.4 Å². The highest BCUT2D eigenvalue weighted by Crippen LogP contribution is 2.35. The highest BCUT2D eigenvalue weighted by molar-refractivity contribution is 5.74. The molecule has 7 heteroatoms. The molecule has 1 N–H and O–H groups in total. The topological polar surface area (TPSA) is 84.8 Å². The Kier molecular flexibility index (Phi) is 7.02. The maximum atomic E-state index is 11.4. The van der Waals surface area contributed by atoms with Crippen molar-refractivity contribution < 1.29 is 19.4 Å². The third kappa shape index (κ3) is 5.73. The first-order valence-electron chi connectivity index (χ1n) is 11.2. The normalized spacial score (nSPS) is 17.0. The van der Waals surface area contributed by atoms with Gasteiger partial charge in [-0.15, -0.1) is 0 Å². The molecule has 7 nitrogen and oxygen atoms in total. The number of carboxylic acid groups (broad SMARTS) is 1. The van der Waals surface area contributed by atoms with Crippen LogP contribution in [0.2, 0.25) is 0 Å². The van der Waals surface area contributed by atoms with E-state index >= 15 is 0 Å². The Morgan fingerprint density at radius 1 is 1.13 bits per heavy atom. The first kappa shape index (κ1) is 21.6. The van der Waals surface area contributed by atoms with E-state index in [0.29, 0.717) is 39.1 Å². The molecule has 0 bridgehead atoms. The molecule has 4 rings (SSSR count). The number of aryl methyl sites for hydroxylation is 1. The van der Waals surface area contributed by atoms with Crippen LogP contribution in [0.15, 0.2) is 30.5 Å². The van der Waals surface area contributed by atoms with Gasteiger partial charge >= 0.3 is 5.97 Å². The quantitative estimate of drug-likeness (QED) is 0.579. The van der Waals surface area contributed by atoms with Gasteiger partial charge in [0.15, 0.2) is 5.82 Å². The second-order valence-electron chi connectivity index (χ2n) is 8.48. The summed E-state index contributed by atoms with van der Waals surface area (Å²) in [5.41, 5.74) is 2.84. The van der Waals surface area contributed by atoms with Crippen LogP contribution in [0, 0.1) is 11.8 Å². The summed E-state index contributed by atoms with van der Waals surface area (Å²) in [6, 6.07) is 7.88. The summed E-state index contributed by atoms with van der Waals surface area (Å²) in [6.45, 7) is 2.42. The Morgan fingerprint density at radius 2 is 1.87 bits per heavy atom. The Balaban J connectivity index is 1.54. The number of anilines is 1. The lowest BCUT2D eigenvalue weighted by atomic mass is 9.97. The van der Waals surface area contributed by atoms with Crippen LogP contribution < -0.4 is 9.64 Å². The summed E-state index contributed by atoms with van der Waals surface area (Å²) >= 11 is 0. The molecule has 0 unspecified atom stereocenters. The van der Waals surface area contributed by atoms with Gasteiger partial charge in [0.1, 0.15) is 18.1 Å². The van der Waals surface area contributed by atoms with Crippen LogP contribution in [0.1, 0.15) is 37.8 Å². The van der Waals surface area contributed by atoms with Crippen LogP contribution in [-0.4, -0.2) is 54.5 Å². The van der Waals surface area contributed by atoms with E-state index in [-0.39, 0.29) is 5.92 Å². The van der Waals surface area contributed by atoms with Gasteiger partial charge in [-0.25, -0.2) is 4.98 Å². The summed E-state index contributed by atoms with van der Waals surface area (Å²) in [5.74, 6) is 1.54. The van der Waals surface area contributed by atoms with E-state index in [2.05, 4.69) is 4.90 Å². The number of carboxylic acids is 1. The standard InChI is InChI=1S/C24H31N3O4/c1-30-14-15-31-21-8-5-18(6-9-21)22-23(27-12-10-19(11-13-27)24(28)29)26-20(16-25-22)7-4-17-2-3-17/h5-6,8-9,16-17,19H,2-4,7,10-15H2,1H3,(H,28,29). The molecule has 1 aromatic heterocycles. The lowest BCUT2D eigenvalue weighted by Crippen LogP contribution is -2.37. The number of ether oxygens (including phenoxy) is 2. The molecule has 2 aliphatic rings. The van der Waals surface area contributed by atoms with Crippen molar-refractivity contribution in [2.45, 2.75) is 38.5 Å². The molecular weight excluding hydrogens is 394 g/mol. The van der Waals surface area contributed by atoms with Gasteiger partial charge < -0.3 is 19.5 Å². The van der Waals surface area contributed by atoms with E-state index in [1.165, 1.54) is 19.3 Å². The van der Waals surface area contributed by atoms with Crippen LogP contribution in [-0.2, 0) is 16.0 Å². The number of benzene rings is 1. The van der Waals surface area contributed by atoms with Gasteiger partial charge in [-0.2, -0.15) is 0 Å². The first-order chi connectivity index (χ1) is 15.1. The molecule has 0 spiro atoms. The van der Waals surface area contributed by atoms with Crippen LogP contribution in [0.5, 0.6) is 5.75 Å². The number of nitrogens with zero attached hydrogens (tertiary/aromatic N) is 3. The van der Waals surface area contributed by atoms with Crippen molar-refractivity contribution in [3.05, 3.63) is 36.2 Å². The van der Waals surface area contributed by atoms with Crippen molar-refractivity contribution >= 4 is 11.8 Å². The lowest BCUT2D eigenvalue weighted by Gasteiger charge is -2.32. The zero-order chi connectivity index (χ0) is 21.6. The maximum Gasteiger partial charge on any atom is 0.306 e. The highest BCUT2D eigenvalue weighted by atomic mass is 16.5. The van der Waals surface area contributed by atoms with E-state index in [1.807, 2.05) is 30.5 Å². The number of aliphatic carboxylic acids is 1. The molecule has 1 saturated heterocycles. The van der Waals surface area contributed by atoms with E-state index in [0.717, 1.165) is 40.9 Å². The van der Waals surface area contributed by atoms with Gasteiger partial charge in [0.05, 0.1) is 18.2 Å². The number of aromatic nitrogens is 2. The largest absolute Gasteiger partial charge is 0.491 e. The van der Waals surface area contributed by atoms with Crippen LogP contribution in [0.25, 0.3) is 11.3 Å². The number of rotatable bonds is 10. The smallest absolute Gasteiger partial charge is 0.306 e. The van der Waals surface area contributed by atoms with Crippen molar-refractivity contribution in [1.29, 1.82) is 0 Å². The molecule has 31 heavy (non-hydrogen) atoms. The Labute approximate surface area is 183 Å². The van der Waals surface area contributed by atoms with Crippen molar-refractivity contribution in [2.24, 2.45) is 11.8 Å². The molecular formula is C24H31N3O4. The number of piperidine rings is 1. The monoisotopic (exact) mass is 425 g/mol. The Morgan fingerprint density at radius 3 is 2.52 bits per heavy atom. The van der Waals surface area contributed by atoms with E-state index < -0.39 is 5.97 Å². The molecule has 2 fully saturated rings. The molecule has 2 heterocycles. The molecule has 1 aromatic carbocycles. The fourth-order valence-corrected chi connectivity index (χ4v) is 4.01. The number of methoxy groups -OCH3 is 1. The average Bonchev–Trinajstić information content (AvgIpc) is 3.63. The minimum absolute atomic E-state index is 0.269. The van der Waals surface area contributed by atoms with Gasteiger partial charge in [-0.1, -0.05) is 12.8 Å². The molecule has 0 amide bonds. The average molecular weight is 426 g/mol. The molecule has 0 atom stereocenters. The third-order valence-electron chi connectivity index (χ3n) is 6.14. The SMILES string of the molecule is COCCOc1ccc(-c2ncc(CCC3CC3)nc2N2CCC(C(=O)O)CC2)cc1. The summed E-state index contributed by atoms with van der Waals surface area (Å²) < 4.78 is 10.7.